The van der Waals surface area contributed by atoms with Gasteiger partial charge in [0.2, 0.25) is 11.7 Å². The van der Waals surface area contributed by atoms with E-state index in [1.54, 1.807) is 36.5 Å². The van der Waals surface area contributed by atoms with Crippen molar-refractivity contribution >= 4 is 17.5 Å². The van der Waals surface area contributed by atoms with Gasteiger partial charge < -0.3 is 25.7 Å². The molecule has 1 aliphatic heterocycles. The van der Waals surface area contributed by atoms with Crippen molar-refractivity contribution in [1.82, 2.24) is 25.1 Å². The number of halogens is 2. The molecule has 10 nitrogen and oxygen atoms in total. The molecule has 0 spiro atoms. The van der Waals surface area contributed by atoms with Crippen molar-refractivity contribution in [3.8, 4) is 17.0 Å². The number of ether oxygens (including phenoxy) is 1. The minimum atomic E-state index is -3.28. The van der Waals surface area contributed by atoms with Gasteiger partial charge in [-0.05, 0) is 43.2 Å². The van der Waals surface area contributed by atoms with Gasteiger partial charge in [-0.2, -0.15) is 0 Å². The first-order chi connectivity index (χ1) is 17.3. The highest BCUT2D eigenvalue weighted by atomic mass is 19.3. The lowest BCUT2D eigenvalue weighted by molar-refractivity contribution is -0.132. The molecule has 1 aliphatic carbocycles. The SMILES string of the molecule is NCc1cc(-c2cc(NC(=O)C3CC3)ccn2)ccc1O[C@H]1CCN(C(=O)c2nnc[nH]2)CC1(F)F. The highest BCUT2D eigenvalue weighted by Crippen LogP contribution is 2.35. The molecule has 3 aromatic rings. The molecule has 36 heavy (non-hydrogen) atoms. The first-order valence-electron chi connectivity index (χ1n) is 11.6. The molecule has 1 saturated heterocycles. The van der Waals surface area contributed by atoms with E-state index in [4.69, 9.17) is 10.5 Å². The van der Waals surface area contributed by atoms with Gasteiger partial charge in [-0.1, -0.05) is 0 Å². The van der Waals surface area contributed by atoms with E-state index in [1.807, 2.05) is 0 Å². The van der Waals surface area contributed by atoms with Crippen LogP contribution >= 0.6 is 0 Å². The quantitative estimate of drug-likeness (QED) is 0.456. The summed E-state index contributed by atoms with van der Waals surface area (Å²) in [4.78, 5) is 32.4. The van der Waals surface area contributed by atoms with Crippen molar-refractivity contribution < 1.29 is 23.1 Å². The highest BCUT2D eigenvalue weighted by Gasteiger charge is 2.48. The third kappa shape index (κ3) is 5.03. The molecule has 3 heterocycles. The Balaban J connectivity index is 1.29. The fraction of sp³-hybridized carbons (Fsp3) is 0.375. The number of anilines is 1. The Kier molecular flexibility index (Phi) is 6.35. The predicted octanol–water partition coefficient (Wildman–Crippen LogP) is 2.60. The first kappa shape index (κ1) is 23.8. The topological polar surface area (TPSA) is 139 Å². The van der Waals surface area contributed by atoms with Crippen molar-refractivity contribution in [2.24, 2.45) is 11.7 Å². The number of nitrogens with one attached hydrogen (secondary N) is 2. The van der Waals surface area contributed by atoms with Gasteiger partial charge in [0, 0.05) is 48.4 Å². The largest absolute Gasteiger partial charge is 0.484 e. The van der Waals surface area contributed by atoms with Crippen LogP contribution in [0.4, 0.5) is 14.5 Å². The monoisotopic (exact) mass is 497 g/mol. The summed E-state index contributed by atoms with van der Waals surface area (Å²) in [7, 11) is 0. The number of hydrogen-bond donors (Lipinski definition) is 3. The Hall–Kier alpha value is -3.93. The molecule has 5 rings (SSSR count). The molecule has 1 saturated carbocycles. The molecule has 2 amide bonds. The van der Waals surface area contributed by atoms with Gasteiger partial charge in [0.15, 0.2) is 6.10 Å². The zero-order chi connectivity index (χ0) is 25.3. The summed E-state index contributed by atoms with van der Waals surface area (Å²) in [6, 6.07) is 8.52. The summed E-state index contributed by atoms with van der Waals surface area (Å²) in [5.41, 5.74) is 8.40. The zero-order valence-corrected chi connectivity index (χ0v) is 19.3. The highest BCUT2D eigenvalue weighted by molar-refractivity contribution is 5.94. The van der Waals surface area contributed by atoms with Crippen LogP contribution in [0, 0.1) is 5.92 Å². The number of H-pyrrole nitrogens is 1. The van der Waals surface area contributed by atoms with Crippen LogP contribution in [0.15, 0.2) is 42.9 Å². The number of aromatic amines is 1. The lowest BCUT2D eigenvalue weighted by Crippen LogP contribution is -2.55. The first-order valence-corrected chi connectivity index (χ1v) is 11.6. The number of likely N-dealkylation sites (tertiary alicyclic amines) is 1. The van der Waals surface area contributed by atoms with Gasteiger partial charge in [0.05, 0.1) is 12.2 Å². The van der Waals surface area contributed by atoms with E-state index in [1.165, 1.54) is 6.33 Å². The van der Waals surface area contributed by atoms with E-state index in [0.717, 1.165) is 17.7 Å². The van der Waals surface area contributed by atoms with Gasteiger partial charge in [-0.3, -0.25) is 14.6 Å². The van der Waals surface area contributed by atoms with Crippen molar-refractivity contribution in [2.75, 3.05) is 18.4 Å². The van der Waals surface area contributed by atoms with Crippen LogP contribution in [0.3, 0.4) is 0 Å². The van der Waals surface area contributed by atoms with E-state index in [0.29, 0.717) is 22.5 Å². The van der Waals surface area contributed by atoms with Gasteiger partial charge in [0.1, 0.15) is 12.1 Å². The molecule has 188 valence electrons. The molecular weight excluding hydrogens is 472 g/mol. The maximum absolute atomic E-state index is 15.0. The average molecular weight is 498 g/mol. The van der Waals surface area contributed by atoms with Crippen LogP contribution < -0.4 is 15.8 Å². The Morgan fingerprint density at radius 2 is 2.06 bits per heavy atom. The number of aromatic nitrogens is 4. The fourth-order valence-electron chi connectivity index (χ4n) is 4.12. The van der Waals surface area contributed by atoms with Gasteiger partial charge >= 0.3 is 5.92 Å². The van der Waals surface area contributed by atoms with Crippen LogP contribution in [0.5, 0.6) is 5.75 Å². The Labute approximate surface area is 205 Å². The maximum atomic E-state index is 15.0. The second kappa shape index (κ2) is 9.61. The minimum Gasteiger partial charge on any atom is -0.484 e. The lowest BCUT2D eigenvalue weighted by Gasteiger charge is -2.38. The summed E-state index contributed by atoms with van der Waals surface area (Å²) < 4.78 is 35.6. The number of benzene rings is 1. The molecule has 2 aromatic heterocycles. The number of amides is 2. The lowest BCUT2D eigenvalue weighted by atomic mass is 10.0. The molecule has 2 fully saturated rings. The summed E-state index contributed by atoms with van der Waals surface area (Å²) in [5, 5.41) is 10.0. The van der Waals surface area contributed by atoms with Crippen LogP contribution in [-0.2, 0) is 11.3 Å². The Bertz CT molecular complexity index is 1260. The van der Waals surface area contributed by atoms with Crippen LogP contribution in [-0.4, -0.2) is 62.0 Å². The average Bonchev–Trinajstić information content (AvgIpc) is 3.59. The van der Waals surface area contributed by atoms with Crippen molar-refractivity contribution in [3.63, 3.8) is 0 Å². The molecule has 0 unspecified atom stereocenters. The second-order valence-electron chi connectivity index (χ2n) is 8.94. The van der Waals surface area contributed by atoms with Crippen molar-refractivity contribution in [3.05, 3.63) is 54.2 Å². The number of rotatable bonds is 7. The molecule has 0 radical (unpaired) electrons. The molecule has 4 N–H and O–H groups in total. The fourth-order valence-corrected chi connectivity index (χ4v) is 4.12. The van der Waals surface area contributed by atoms with Crippen LogP contribution in [0.25, 0.3) is 11.3 Å². The summed E-state index contributed by atoms with van der Waals surface area (Å²) in [6.07, 6.45) is 3.13. The number of piperidine rings is 1. The van der Waals surface area contributed by atoms with E-state index < -0.39 is 24.5 Å². The van der Waals surface area contributed by atoms with E-state index >= 15 is 0 Å². The van der Waals surface area contributed by atoms with E-state index in [-0.39, 0.29) is 42.9 Å². The molecule has 12 heteroatoms. The summed E-state index contributed by atoms with van der Waals surface area (Å²) in [5.74, 6) is -3.69. The summed E-state index contributed by atoms with van der Waals surface area (Å²) >= 11 is 0. The number of carbonyl (C=O) groups is 2. The summed E-state index contributed by atoms with van der Waals surface area (Å²) in [6.45, 7) is -0.647. The third-order valence-corrected chi connectivity index (χ3v) is 6.26. The number of nitrogens with zero attached hydrogens (tertiary/aromatic N) is 4. The Morgan fingerprint density at radius 1 is 1.22 bits per heavy atom. The molecule has 0 bridgehead atoms. The molecule has 1 aromatic carbocycles. The van der Waals surface area contributed by atoms with Crippen molar-refractivity contribution in [1.29, 1.82) is 0 Å². The standard InChI is InChI=1S/C24H25F2N7O3/c25-24(26)12-33(23(35)21-29-13-30-32-21)8-6-20(24)36-19-4-3-15(9-16(19)11-27)18-10-17(5-7-28-18)31-22(34)14-1-2-14/h3-5,7,9-10,13-14,20H,1-2,6,8,11-12,27H2,(H,28,31,34)(H,29,30,32)/t20-/m0/s1. The number of hydrogen-bond acceptors (Lipinski definition) is 7. The van der Waals surface area contributed by atoms with Gasteiger partial charge in [-0.25, -0.2) is 8.78 Å². The minimum absolute atomic E-state index is 0.00644. The van der Waals surface area contributed by atoms with Crippen molar-refractivity contribution in [2.45, 2.75) is 37.8 Å². The van der Waals surface area contributed by atoms with Crippen LogP contribution in [0.2, 0.25) is 0 Å². The third-order valence-electron chi connectivity index (χ3n) is 6.26. The van der Waals surface area contributed by atoms with E-state index in [2.05, 4.69) is 25.5 Å². The zero-order valence-electron chi connectivity index (χ0n) is 19.3. The number of nitrogens with two attached hydrogens (primary N) is 1. The normalized spacial score (nSPS) is 19.1. The Morgan fingerprint density at radius 3 is 2.75 bits per heavy atom. The van der Waals surface area contributed by atoms with Gasteiger partial charge in [-0.15, -0.1) is 10.2 Å². The predicted molar refractivity (Wildman–Crippen MR) is 125 cm³/mol. The number of carbonyl (C=O) groups excluding carboxylic acids is 2. The number of alkyl halides is 2. The molecule has 1 atom stereocenters. The molecular formula is C24H25F2N7O3. The van der Waals surface area contributed by atoms with Crippen LogP contribution in [0.1, 0.15) is 35.4 Å². The van der Waals surface area contributed by atoms with Gasteiger partial charge in [0.25, 0.3) is 5.91 Å². The second-order valence-corrected chi connectivity index (χ2v) is 8.94. The van der Waals surface area contributed by atoms with E-state index in [9.17, 15) is 18.4 Å². The molecule has 2 aliphatic rings. The maximum Gasteiger partial charge on any atom is 0.301 e. The number of pyridine rings is 1. The smallest absolute Gasteiger partial charge is 0.301 e.